The van der Waals surface area contributed by atoms with E-state index in [4.69, 9.17) is 15.2 Å². The van der Waals surface area contributed by atoms with Crippen LogP contribution in [0.15, 0.2) is 12.2 Å². The summed E-state index contributed by atoms with van der Waals surface area (Å²) in [7, 11) is 0. The molecule has 0 radical (unpaired) electrons. The average molecular weight is 514 g/mol. The Morgan fingerprint density at radius 1 is 0.750 bits per heavy atom. The summed E-state index contributed by atoms with van der Waals surface area (Å²) in [5.74, 6) is -2.17. The molecule has 0 saturated heterocycles. The van der Waals surface area contributed by atoms with Crippen LogP contribution in [0.25, 0.3) is 0 Å². The maximum atomic E-state index is 12.7. The second kappa shape index (κ2) is 22.1. The molecule has 6 nitrogen and oxygen atoms in total. The zero-order valence-corrected chi connectivity index (χ0v) is 24.2. The Bertz CT molecular complexity index is 529. The van der Waals surface area contributed by atoms with Gasteiger partial charge in [0.1, 0.15) is 0 Å². The van der Waals surface area contributed by atoms with E-state index < -0.39 is 23.9 Å². The van der Waals surface area contributed by atoms with Gasteiger partial charge in [0, 0.05) is 6.42 Å². The smallest absolute Gasteiger partial charge is 0.277 e. The van der Waals surface area contributed by atoms with Gasteiger partial charge in [0.05, 0.1) is 24.4 Å². The Morgan fingerprint density at radius 2 is 1.17 bits per heavy atom. The number of nitrogens with two attached hydrogens (primary N) is 1. The first-order chi connectivity index (χ1) is 17.2. The van der Waals surface area contributed by atoms with Crippen LogP contribution in [0.2, 0.25) is 0 Å². The van der Waals surface area contributed by atoms with E-state index in [1.807, 2.05) is 13.8 Å². The van der Waals surface area contributed by atoms with E-state index in [0.717, 1.165) is 32.1 Å². The zero-order chi connectivity index (χ0) is 27.2. The lowest BCUT2D eigenvalue weighted by molar-refractivity contribution is -0.271. The van der Waals surface area contributed by atoms with Crippen molar-refractivity contribution in [3.8, 4) is 0 Å². The summed E-state index contributed by atoms with van der Waals surface area (Å²) >= 11 is 0. The van der Waals surface area contributed by atoms with Crippen LogP contribution in [0.1, 0.15) is 144 Å². The van der Waals surface area contributed by atoms with Crippen molar-refractivity contribution < 1.29 is 24.5 Å². The minimum atomic E-state index is -1.54. The molecule has 214 valence electrons. The number of ether oxygens (including phenoxy) is 2. The predicted octanol–water partition coefficient (Wildman–Crippen LogP) is 6.95. The second-order valence-corrected chi connectivity index (χ2v) is 10.6. The number of allylic oxidation sites excluding steroid dienone is 2. The maximum Gasteiger partial charge on any atom is 0.277 e. The lowest BCUT2D eigenvalue weighted by Crippen LogP contribution is -2.53. The lowest BCUT2D eigenvalue weighted by atomic mass is 10.0. The van der Waals surface area contributed by atoms with Gasteiger partial charge in [0.15, 0.2) is 0 Å². The van der Waals surface area contributed by atoms with Crippen molar-refractivity contribution in [2.24, 2.45) is 5.73 Å². The highest BCUT2D eigenvalue weighted by Crippen LogP contribution is 2.30. The number of hydrogen-bond donors (Lipinski definition) is 3. The van der Waals surface area contributed by atoms with E-state index in [0.29, 0.717) is 32.1 Å². The van der Waals surface area contributed by atoms with Crippen LogP contribution >= 0.6 is 0 Å². The number of unbranched alkanes of at least 4 members (excludes halogenated alkanes) is 10. The minimum absolute atomic E-state index is 0.335. The third kappa shape index (κ3) is 17.5. The van der Waals surface area contributed by atoms with E-state index >= 15 is 0 Å². The fraction of sp³-hybridized carbons (Fsp3) is 0.900. The van der Waals surface area contributed by atoms with Crippen molar-refractivity contribution in [3.05, 3.63) is 12.2 Å². The zero-order valence-electron chi connectivity index (χ0n) is 24.2. The van der Waals surface area contributed by atoms with Crippen LogP contribution < -0.4 is 5.73 Å². The third-order valence-corrected chi connectivity index (χ3v) is 6.73. The molecule has 36 heavy (non-hydrogen) atoms. The summed E-state index contributed by atoms with van der Waals surface area (Å²) in [4.78, 5) is 12.7. The first-order valence-corrected chi connectivity index (χ1v) is 14.9. The Balaban J connectivity index is 4.73. The van der Waals surface area contributed by atoms with Gasteiger partial charge in [-0.1, -0.05) is 77.9 Å². The van der Waals surface area contributed by atoms with E-state index in [9.17, 15) is 15.0 Å². The Labute approximate surface area is 222 Å². The number of hydrogen-bond acceptors (Lipinski definition) is 5. The molecule has 0 aliphatic rings. The monoisotopic (exact) mass is 513 g/mol. The van der Waals surface area contributed by atoms with Crippen molar-refractivity contribution in [3.63, 3.8) is 0 Å². The molecule has 0 aliphatic heterocycles. The van der Waals surface area contributed by atoms with Gasteiger partial charge in [-0.15, -0.1) is 0 Å². The Morgan fingerprint density at radius 3 is 1.56 bits per heavy atom. The normalized spacial score (nSPS) is 17.1. The summed E-state index contributed by atoms with van der Waals surface area (Å²) in [6, 6.07) is 0. The molecule has 0 spiro atoms. The van der Waals surface area contributed by atoms with Crippen molar-refractivity contribution in [2.45, 2.75) is 174 Å². The molecule has 0 aromatic rings. The van der Waals surface area contributed by atoms with Crippen molar-refractivity contribution in [1.29, 1.82) is 0 Å². The fourth-order valence-electron chi connectivity index (χ4n) is 4.53. The van der Waals surface area contributed by atoms with Crippen LogP contribution in [0.3, 0.4) is 0 Å². The van der Waals surface area contributed by atoms with Crippen LogP contribution in [0, 0.1) is 0 Å². The predicted molar refractivity (Wildman–Crippen MR) is 150 cm³/mol. The molecule has 6 heteroatoms. The summed E-state index contributed by atoms with van der Waals surface area (Å²) in [6.45, 7) is 9.60. The summed E-state index contributed by atoms with van der Waals surface area (Å²) in [5.41, 5.74) is 5.87. The van der Waals surface area contributed by atoms with Gasteiger partial charge in [-0.3, -0.25) is 4.79 Å². The van der Waals surface area contributed by atoms with E-state index in [-0.39, 0.29) is 12.2 Å². The average Bonchev–Trinajstić information content (AvgIpc) is 2.82. The number of carbonyl (C=O) groups is 1. The summed E-state index contributed by atoms with van der Waals surface area (Å²) in [6.07, 6.45) is 19.5. The highest BCUT2D eigenvalue weighted by atomic mass is 16.7. The molecule has 0 bridgehead atoms. The minimum Gasteiger partial charge on any atom is -0.393 e. The molecule has 1 amide bonds. The fourth-order valence-corrected chi connectivity index (χ4v) is 4.53. The number of amides is 1. The standard InChI is InChI=1S/C30H59NO5/c1-6-9-10-11-12-13-14-15-16-17-18-19-20-21-22-30(29(31)34,35-27(7-2)23-25(4)32)36-28(8-3)24-26(5)33/h15-16,25-28,32-33H,6-14,17-24H2,1-5H3,(H2,31,34). The number of primary amides is 1. The number of rotatable bonds is 25. The molecule has 0 aliphatic carbocycles. The number of carbonyl (C=O) groups excluding carboxylic acids is 1. The first-order valence-electron chi connectivity index (χ1n) is 14.9. The summed E-state index contributed by atoms with van der Waals surface area (Å²) in [5, 5.41) is 19.7. The molecule has 4 atom stereocenters. The van der Waals surface area contributed by atoms with E-state index in [1.54, 1.807) is 13.8 Å². The molecule has 0 rings (SSSR count). The van der Waals surface area contributed by atoms with Gasteiger partial charge in [0.25, 0.3) is 5.91 Å². The van der Waals surface area contributed by atoms with Crippen molar-refractivity contribution >= 4 is 5.91 Å². The van der Waals surface area contributed by atoms with Gasteiger partial charge in [-0.25, -0.2) is 0 Å². The molecule has 0 fully saturated rings. The Hall–Kier alpha value is -0.950. The van der Waals surface area contributed by atoms with Gasteiger partial charge in [-0.05, 0) is 71.6 Å². The molecule has 0 heterocycles. The van der Waals surface area contributed by atoms with Crippen LogP contribution in [0.4, 0.5) is 0 Å². The topological polar surface area (TPSA) is 102 Å². The lowest BCUT2D eigenvalue weighted by Gasteiger charge is -2.37. The molecule has 0 saturated carbocycles. The first kappa shape index (κ1) is 35.0. The van der Waals surface area contributed by atoms with Crippen LogP contribution in [0.5, 0.6) is 0 Å². The SMILES string of the molecule is CCCCCCCCC=CCCCCCCC(OC(CC)CC(C)O)(OC(CC)CC(C)O)C(N)=O. The quantitative estimate of drug-likeness (QED) is 0.0696. The summed E-state index contributed by atoms with van der Waals surface area (Å²) < 4.78 is 12.5. The molecular formula is C30H59NO5. The van der Waals surface area contributed by atoms with Gasteiger partial charge in [-0.2, -0.15) is 0 Å². The van der Waals surface area contributed by atoms with Gasteiger partial charge in [0.2, 0.25) is 5.79 Å². The highest BCUT2D eigenvalue weighted by Gasteiger charge is 2.43. The van der Waals surface area contributed by atoms with Crippen LogP contribution in [-0.2, 0) is 14.3 Å². The van der Waals surface area contributed by atoms with Crippen LogP contribution in [-0.4, -0.2) is 46.3 Å². The number of aliphatic hydroxyl groups is 2. The van der Waals surface area contributed by atoms with E-state index in [1.165, 1.54) is 44.9 Å². The molecule has 0 aromatic carbocycles. The van der Waals surface area contributed by atoms with Crippen molar-refractivity contribution in [2.75, 3.05) is 0 Å². The molecular weight excluding hydrogens is 454 g/mol. The third-order valence-electron chi connectivity index (χ3n) is 6.73. The molecule has 4 N–H and O–H groups in total. The maximum absolute atomic E-state index is 12.7. The van der Waals surface area contributed by atoms with Gasteiger partial charge >= 0.3 is 0 Å². The molecule has 0 aromatic heterocycles. The largest absolute Gasteiger partial charge is 0.393 e. The second-order valence-electron chi connectivity index (χ2n) is 10.6. The number of aliphatic hydroxyl groups excluding tert-OH is 2. The van der Waals surface area contributed by atoms with Crippen molar-refractivity contribution in [1.82, 2.24) is 0 Å². The highest BCUT2D eigenvalue weighted by molar-refractivity contribution is 5.81. The van der Waals surface area contributed by atoms with Gasteiger partial charge < -0.3 is 25.4 Å². The molecule has 4 unspecified atom stereocenters. The van der Waals surface area contributed by atoms with E-state index in [2.05, 4.69) is 19.1 Å². The Kier molecular flexibility index (Phi) is 21.5.